The maximum absolute atomic E-state index is 5.84. The van der Waals surface area contributed by atoms with Crippen LogP contribution in [0.15, 0.2) is 42.6 Å². The number of anilines is 3. The summed E-state index contributed by atoms with van der Waals surface area (Å²) >= 11 is 0. The Kier molecular flexibility index (Phi) is 6.97. The second kappa shape index (κ2) is 10.0. The lowest BCUT2D eigenvalue weighted by molar-refractivity contribution is 0.140. The number of fused-ring (bicyclic) bond motifs is 9. The molecule has 160 valence electrons. The average Bonchev–Trinajstić information content (AvgIpc) is 2.75. The number of likely N-dealkylation sites (N-methyl/N-ethyl adjacent to an activating group) is 1. The van der Waals surface area contributed by atoms with Crippen LogP contribution < -0.4 is 10.2 Å². The Morgan fingerprint density at radius 3 is 2.87 bits per heavy atom. The van der Waals surface area contributed by atoms with Crippen LogP contribution in [-0.2, 0) is 11.3 Å². The van der Waals surface area contributed by atoms with Gasteiger partial charge in [0.2, 0.25) is 5.95 Å². The molecule has 0 atom stereocenters. The number of rotatable bonds is 0. The van der Waals surface area contributed by atoms with Crippen LogP contribution in [-0.4, -0.2) is 54.8 Å². The molecule has 0 saturated carbocycles. The van der Waals surface area contributed by atoms with Gasteiger partial charge < -0.3 is 15.0 Å². The second-order valence-electron chi connectivity index (χ2n) is 8.49. The molecule has 6 heteroatoms. The summed E-state index contributed by atoms with van der Waals surface area (Å²) in [6.45, 7) is 7.53. The highest BCUT2D eigenvalue weighted by atomic mass is 16.5. The molecular weight excluding hydrogens is 374 g/mol. The summed E-state index contributed by atoms with van der Waals surface area (Å²) in [6, 6.07) is 8.49. The predicted molar refractivity (Wildman–Crippen MR) is 122 cm³/mol. The second-order valence-corrected chi connectivity index (χ2v) is 8.49. The third-order valence-electron chi connectivity index (χ3n) is 5.96. The Balaban J connectivity index is 1.56. The van der Waals surface area contributed by atoms with Gasteiger partial charge >= 0.3 is 0 Å². The van der Waals surface area contributed by atoms with E-state index in [1.165, 1.54) is 18.4 Å². The Morgan fingerprint density at radius 2 is 2.00 bits per heavy atom. The van der Waals surface area contributed by atoms with E-state index in [1.807, 2.05) is 6.20 Å². The van der Waals surface area contributed by atoms with Gasteiger partial charge in [-0.15, -0.1) is 0 Å². The number of ether oxygens (including phenoxy) is 1. The van der Waals surface area contributed by atoms with Crippen LogP contribution in [0.25, 0.3) is 0 Å². The Labute approximate surface area is 180 Å². The lowest BCUT2D eigenvalue weighted by atomic mass is 9.94. The number of aryl methyl sites for hydroxylation is 1. The highest BCUT2D eigenvalue weighted by Crippen LogP contribution is 2.27. The van der Waals surface area contributed by atoms with Gasteiger partial charge in [-0.1, -0.05) is 24.3 Å². The molecule has 0 radical (unpaired) electrons. The number of nitrogens with one attached hydrogen (secondary N) is 1. The zero-order valence-electron chi connectivity index (χ0n) is 18.2. The Hall–Kier alpha value is -2.44. The van der Waals surface area contributed by atoms with Gasteiger partial charge in [-0.2, -0.15) is 4.98 Å². The van der Waals surface area contributed by atoms with Crippen molar-refractivity contribution in [1.82, 2.24) is 14.9 Å². The summed E-state index contributed by atoms with van der Waals surface area (Å²) < 4.78 is 5.84. The fraction of sp³-hybridized carbons (Fsp3) is 0.500. The SMILES string of the molecule is Cc1cnc2nc1N1CCC(CCOC/C=C/CN(C)Cc3cccc(c3)N2)CC1. The van der Waals surface area contributed by atoms with Crippen molar-refractivity contribution in [3.05, 3.63) is 53.7 Å². The van der Waals surface area contributed by atoms with Crippen molar-refractivity contribution in [1.29, 1.82) is 0 Å². The molecule has 5 rings (SSSR count). The number of aromatic nitrogens is 2. The molecule has 0 amide bonds. The predicted octanol–water partition coefficient (Wildman–Crippen LogP) is 4.15. The van der Waals surface area contributed by atoms with Gasteiger partial charge in [-0.05, 0) is 56.8 Å². The smallest absolute Gasteiger partial charge is 0.229 e. The first-order valence-electron chi connectivity index (χ1n) is 11.0. The third-order valence-corrected chi connectivity index (χ3v) is 5.96. The van der Waals surface area contributed by atoms with E-state index < -0.39 is 0 Å². The molecule has 1 saturated heterocycles. The molecule has 0 aliphatic carbocycles. The van der Waals surface area contributed by atoms with Gasteiger partial charge in [0, 0.05) is 50.2 Å². The van der Waals surface area contributed by atoms with E-state index in [-0.39, 0.29) is 0 Å². The Morgan fingerprint density at radius 1 is 1.13 bits per heavy atom. The molecular formula is C24H33N5O. The summed E-state index contributed by atoms with van der Waals surface area (Å²) in [7, 11) is 2.14. The van der Waals surface area contributed by atoms with E-state index in [1.54, 1.807) is 0 Å². The standard InChI is InChI=1S/C24H33N5O/c1-19-17-25-24-26-22-7-5-6-21(16-22)18-28(2)11-3-4-14-30-15-10-20-8-12-29(13-9-20)23(19)27-24/h3-7,16-17,20H,8-15,18H2,1-2H3,(H,25,26,27)/b4-3+. The monoisotopic (exact) mass is 407 g/mol. The number of hydrogen-bond donors (Lipinski definition) is 1. The van der Waals surface area contributed by atoms with Crippen molar-refractivity contribution in [2.24, 2.45) is 5.92 Å². The molecule has 1 aromatic carbocycles. The first-order valence-corrected chi connectivity index (χ1v) is 11.0. The van der Waals surface area contributed by atoms with Gasteiger partial charge in [-0.3, -0.25) is 4.90 Å². The topological polar surface area (TPSA) is 53.5 Å². The summed E-state index contributed by atoms with van der Waals surface area (Å²) in [5.74, 6) is 2.45. The van der Waals surface area contributed by atoms with E-state index >= 15 is 0 Å². The van der Waals surface area contributed by atoms with Crippen molar-refractivity contribution in [3.8, 4) is 0 Å². The van der Waals surface area contributed by atoms with Crippen LogP contribution >= 0.6 is 0 Å². The maximum atomic E-state index is 5.84. The summed E-state index contributed by atoms with van der Waals surface area (Å²) in [6.07, 6.45) is 9.80. The highest BCUT2D eigenvalue weighted by molar-refractivity contribution is 5.57. The van der Waals surface area contributed by atoms with Gasteiger partial charge in [0.05, 0.1) is 6.61 Å². The molecule has 4 heterocycles. The fourth-order valence-corrected chi connectivity index (χ4v) is 4.22. The molecule has 0 unspecified atom stereocenters. The van der Waals surface area contributed by atoms with Crippen molar-refractivity contribution in [2.45, 2.75) is 32.7 Å². The normalized spacial score (nSPS) is 20.5. The van der Waals surface area contributed by atoms with E-state index in [0.29, 0.717) is 12.6 Å². The van der Waals surface area contributed by atoms with Crippen LogP contribution in [0.2, 0.25) is 0 Å². The lowest BCUT2D eigenvalue weighted by Crippen LogP contribution is -2.35. The highest BCUT2D eigenvalue weighted by Gasteiger charge is 2.21. The molecule has 2 aromatic rings. The molecule has 6 bridgehead atoms. The van der Waals surface area contributed by atoms with Crippen molar-refractivity contribution in [3.63, 3.8) is 0 Å². The van der Waals surface area contributed by atoms with Gasteiger partial charge in [0.15, 0.2) is 0 Å². The van der Waals surface area contributed by atoms with E-state index in [4.69, 9.17) is 9.72 Å². The van der Waals surface area contributed by atoms with Crippen LogP contribution in [0.5, 0.6) is 0 Å². The van der Waals surface area contributed by atoms with E-state index in [0.717, 1.165) is 62.2 Å². The fourth-order valence-electron chi connectivity index (χ4n) is 4.22. The Bertz CT molecular complexity index is 860. The van der Waals surface area contributed by atoms with E-state index in [9.17, 15) is 0 Å². The van der Waals surface area contributed by atoms with E-state index in [2.05, 4.69) is 70.5 Å². The van der Waals surface area contributed by atoms with Crippen molar-refractivity contribution < 1.29 is 4.74 Å². The van der Waals surface area contributed by atoms with Crippen molar-refractivity contribution in [2.75, 3.05) is 50.1 Å². The summed E-state index contributed by atoms with van der Waals surface area (Å²) in [5.41, 5.74) is 3.41. The van der Waals surface area contributed by atoms with Crippen LogP contribution in [0.3, 0.4) is 0 Å². The summed E-state index contributed by atoms with van der Waals surface area (Å²) in [4.78, 5) is 14.1. The maximum Gasteiger partial charge on any atom is 0.229 e. The molecule has 30 heavy (non-hydrogen) atoms. The third kappa shape index (κ3) is 5.58. The largest absolute Gasteiger partial charge is 0.377 e. The molecule has 1 fully saturated rings. The van der Waals surface area contributed by atoms with Crippen LogP contribution in [0.1, 0.15) is 30.4 Å². The summed E-state index contributed by atoms with van der Waals surface area (Å²) in [5, 5.41) is 3.41. The minimum Gasteiger partial charge on any atom is -0.377 e. The molecule has 1 N–H and O–H groups in total. The zero-order valence-corrected chi connectivity index (χ0v) is 18.2. The number of nitrogens with zero attached hydrogens (tertiary/aromatic N) is 4. The lowest BCUT2D eigenvalue weighted by Gasteiger charge is -2.33. The van der Waals surface area contributed by atoms with Gasteiger partial charge in [-0.25, -0.2) is 4.98 Å². The molecule has 3 aliphatic rings. The number of benzene rings is 1. The molecule has 0 spiro atoms. The zero-order chi connectivity index (χ0) is 20.8. The van der Waals surface area contributed by atoms with Gasteiger partial charge in [0.1, 0.15) is 5.82 Å². The first-order chi connectivity index (χ1) is 14.7. The first kappa shape index (κ1) is 20.8. The minimum absolute atomic E-state index is 0.661. The van der Waals surface area contributed by atoms with Crippen molar-refractivity contribution >= 4 is 17.5 Å². The average molecular weight is 408 g/mol. The number of piperidine rings is 1. The van der Waals surface area contributed by atoms with Crippen LogP contribution in [0, 0.1) is 12.8 Å². The minimum atomic E-state index is 0.661. The molecule has 1 aromatic heterocycles. The molecule has 3 aliphatic heterocycles. The quantitative estimate of drug-likeness (QED) is 0.662. The van der Waals surface area contributed by atoms with Gasteiger partial charge in [0.25, 0.3) is 0 Å². The molecule has 6 nitrogen and oxygen atoms in total. The number of hydrogen-bond acceptors (Lipinski definition) is 6. The van der Waals surface area contributed by atoms with Crippen LogP contribution in [0.4, 0.5) is 17.5 Å².